The lowest BCUT2D eigenvalue weighted by atomic mass is 10.1. The molecule has 0 amide bonds. The van der Waals surface area contributed by atoms with Crippen LogP contribution in [0.4, 0.5) is 18.9 Å². The number of nitrogens with one attached hydrogen (secondary N) is 1. The summed E-state index contributed by atoms with van der Waals surface area (Å²) >= 11 is 0. The van der Waals surface area contributed by atoms with E-state index in [-0.39, 0.29) is 11.8 Å². The molecule has 10 heteroatoms. The number of carboxylic acid groups (broad SMARTS) is 1. The number of hydrogen-bond donors (Lipinski definition) is 2. The van der Waals surface area contributed by atoms with Crippen LogP contribution in [-0.2, 0) is 14.6 Å². The summed E-state index contributed by atoms with van der Waals surface area (Å²) in [5.41, 5.74) is 0.875. The minimum atomic E-state index is -5.08. The van der Waals surface area contributed by atoms with Crippen molar-refractivity contribution in [2.45, 2.75) is 17.1 Å². The average molecular weight is 352 g/mol. The van der Waals surface area contributed by atoms with Crippen molar-refractivity contribution in [1.82, 2.24) is 5.32 Å². The zero-order chi connectivity index (χ0) is 17.3. The number of piperazine rings is 1. The zero-order valence-corrected chi connectivity index (χ0v) is 12.7. The van der Waals surface area contributed by atoms with Gasteiger partial charge < -0.3 is 15.3 Å². The van der Waals surface area contributed by atoms with Crippen molar-refractivity contribution in [3.05, 3.63) is 24.3 Å². The number of anilines is 1. The van der Waals surface area contributed by atoms with Crippen LogP contribution in [-0.4, -0.2) is 57.1 Å². The van der Waals surface area contributed by atoms with Crippen LogP contribution in [0.25, 0.3) is 0 Å². The van der Waals surface area contributed by atoms with E-state index in [4.69, 9.17) is 9.90 Å². The van der Waals surface area contributed by atoms with Gasteiger partial charge in [0.2, 0.25) is 0 Å². The molecule has 1 saturated heterocycles. The molecule has 128 valence electrons. The Hall–Kier alpha value is -1.81. The predicted molar refractivity (Wildman–Crippen MR) is 76.2 cm³/mol. The number of alkyl halides is 3. The van der Waals surface area contributed by atoms with Crippen LogP contribution in [0.3, 0.4) is 0 Å². The number of rotatable bonds is 0. The summed E-state index contributed by atoms with van der Waals surface area (Å²) in [5.74, 6) is -2.52. The fourth-order valence-corrected chi connectivity index (χ4v) is 4.30. The number of fused-ring (bicyclic) bond motifs is 3. The third-order valence-electron chi connectivity index (χ3n) is 3.51. The van der Waals surface area contributed by atoms with E-state index in [0.717, 1.165) is 25.3 Å². The van der Waals surface area contributed by atoms with Crippen molar-refractivity contribution in [2.75, 3.05) is 30.3 Å². The first-order chi connectivity index (χ1) is 10.6. The van der Waals surface area contributed by atoms with Gasteiger partial charge in [0.1, 0.15) is 0 Å². The first-order valence-corrected chi connectivity index (χ1v) is 8.37. The molecule has 1 aromatic carbocycles. The number of sulfone groups is 1. The Bertz CT molecular complexity index is 691. The molecular formula is C13H15F3N2O4S. The number of aliphatic carboxylic acids is 1. The maximum Gasteiger partial charge on any atom is 0.490 e. The molecule has 6 nitrogen and oxygen atoms in total. The molecule has 2 aliphatic rings. The van der Waals surface area contributed by atoms with Crippen LogP contribution >= 0.6 is 0 Å². The highest BCUT2D eigenvalue weighted by Crippen LogP contribution is 2.33. The Morgan fingerprint density at radius 2 is 1.91 bits per heavy atom. The summed E-state index contributed by atoms with van der Waals surface area (Å²) < 4.78 is 55.9. The maximum atomic E-state index is 12.1. The van der Waals surface area contributed by atoms with Crippen molar-refractivity contribution in [3.8, 4) is 0 Å². The Morgan fingerprint density at radius 3 is 2.52 bits per heavy atom. The summed E-state index contributed by atoms with van der Waals surface area (Å²) in [6, 6.07) is 7.40. The van der Waals surface area contributed by atoms with E-state index in [1.165, 1.54) is 0 Å². The predicted octanol–water partition coefficient (Wildman–Crippen LogP) is 0.885. The summed E-state index contributed by atoms with van der Waals surface area (Å²) in [4.78, 5) is 11.6. The van der Waals surface area contributed by atoms with E-state index in [1.54, 1.807) is 12.1 Å². The summed E-state index contributed by atoms with van der Waals surface area (Å²) in [6.45, 7) is 2.57. The molecule has 1 aromatic rings. The fraction of sp³-hybridized carbons (Fsp3) is 0.462. The molecule has 2 N–H and O–H groups in total. The average Bonchev–Trinajstić information content (AvgIpc) is 2.47. The van der Waals surface area contributed by atoms with Gasteiger partial charge in [0.25, 0.3) is 0 Å². The van der Waals surface area contributed by atoms with Gasteiger partial charge in [-0.1, -0.05) is 12.1 Å². The third kappa shape index (κ3) is 3.94. The van der Waals surface area contributed by atoms with Crippen molar-refractivity contribution in [1.29, 1.82) is 0 Å². The van der Waals surface area contributed by atoms with Crippen molar-refractivity contribution in [2.24, 2.45) is 0 Å². The normalized spacial score (nSPS) is 22.2. The number of nitrogens with zero attached hydrogens (tertiary/aromatic N) is 1. The molecule has 1 unspecified atom stereocenters. The lowest BCUT2D eigenvalue weighted by Crippen LogP contribution is -2.56. The lowest BCUT2D eigenvalue weighted by Gasteiger charge is -2.41. The van der Waals surface area contributed by atoms with Gasteiger partial charge in [0.05, 0.1) is 22.4 Å². The van der Waals surface area contributed by atoms with Crippen LogP contribution < -0.4 is 10.2 Å². The first-order valence-electron chi connectivity index (χ1n) is 6.72. The number of halogens is 3. The second-order valence-corrected chi connectivity index (χ2v) is 7.11. The minimum Gasteiger partial charge on any atom is -0.475 e. The number of para-hydroxylation sites is 1. The molecular weight excluding hydrogens is 337 g/mol. The van der Waals surface area contributed by atoms with Gasteiger partial charge in [-0.2, -0.15) is 13.2 Å². The quantitative estimate of drug-likeness (QED) is 0.721. The van der Waals surface area contributed by atoms with Crippen molar-refractivity contribution < 1.29 is 31.5 Å². The molecule has 1 fully saturated rings. The Labute approximate surface area is 130 Å². The largest absolute Gasteiger partial charge is 0.490 e. The van der Waals surface area contributed by atoms with Gasteiger partial charge in [-0.25, -0.2) is 13.2 Å². The van der Waals surface area contributed by atoms with E-state index in [1.807, 2.05) is 12.1 Å². The van der Waals surface area contributed by atoms with Crippen LogP contribution in [0.5, 0.6) is 0 Å². The molecule has 3 rings (SSSR count). The molecule has 0 aliphatic carbocycles. The van der Waals surface area contributed by atoms with Crippen LogP contribution in [0.1, 0.15) is 0 Å². The SMILES string of the molecule is O=C(O)C(F)(F)F.O=S1(=O)CC2CNCCN2c2ccccc21. The lowest BCUT2D eigenvalue weighted by molar-refractivity contribution is -0.192. The number of benzene rings is 1. The topological polar surface area (TPSA) is 86.7 Å². The second-order valence-electron chi connectivity index (χ2n) is 5.10. The van der Waals surface area contributed by atoms with Gasteiger partial charge in [0, 0.05) is 19.6 Å². The smallest absolute Gasteiger partial charge is 0.475 e. The van der Waals surface area contributed by atoms with Gasteiger partial charge in [-0.3, -0.25) is 0 Å². The molecule has 0 saturated carbocycles. The fourth-order valence-electron chi connectivity index (χ4n) is 2.53. The summed E-state index contributed by atoms with van der Waals surface area (Å²) in [7, 11) is -3.09. The maximum absolute atomic E-state index is 12.1. The van der Waals surface area contributed by atoms with E-state index in [0.29, 0.717) is 4.90 Å². The molecule has 2 heterocycles. The number of hydrogen-bond acceptors (Lipinski definition) is 5. The Balaban J connectivity index is 0.000000236. The third-order valence-corrected chi connectivity index (χ3v) is 5.35. The molecule has 0 aromatic heterocycles. The van der Waals surface area contributed by atoms with Gasteiger partial charge in [-0.05, 0) is 12.1 Å². The van der Waals surface area contributed by atoms with Crippen LogP contribution in [0.15, 0.2) is 29.2 Å². The molecule has 2 aliphatic heterocycles. The van der Waals surface area contributed by atoms with Gasteiger partial charge in [-0.15, -0.1) is 0 Å². The van der Waals surface area contributed by atoms with E-state index in [9.17, 15) is 21.6 Å². The molecule has 1 atom stereocenters. The summed E-state index contributed by atoms with van der Waals surface area (Å²) in [6.07, 6.45) is -5.08. The number of carboxylic acids is 1. The molecule has 0 bridgehead atoms. The minimum absolute atomic E-state index is 0.0913. The van der Waals surface area contributed by atoms with E-state index < -0.39 is 22.0 Å². The Morgan fingerprint density at radius 1 is 1.30 bits per heavy atom. The standard InChI is InChI=1S/C11H14N2O2S.C2HF3O2/c14-16(15)8-9-7-12-5-6-13(9)10-3-1-2-4-11(10)16;3-2(4,5)1(6)7/h1-4,9,12H,5-8H2;(H,6,7). The first kappa shape index (κ1) is 17.5. The molecule has 0 spiro atoms. The van der Waals surface area contributed by atoms with Crippen molar-refractivity contribution in [3.63, 3.8) is 0 Å². The highest BCUT2D eigenvalue weighted by molar-refractivity contribution is 7.91. The monoisotopic (exact) mass is 352 g/mol. The second kappa shape index (κ2) is 6.36. The molecule has 23 heavy (non-hydrogen) atoms. The van der Waals surface area contributed by atoms with Gasteiger partial charge >= 0.3 is 12.1 Å². The van der Waals surface area contributed by atoms with Gasteiger partial charge in [0.15, 0.2) is 9.84 Å². The van der Waals surface area contributed by atoms with E-state index in [2.05, 4.69) is 10.2 Å². The van der Waals surface area contributed by atoms with E-state index >= 15 is 0 Å². The number of carbonyl (C=O) groups is 1. The van der Waals surface area contributed by atoms with Crippen LogP contribution in [0.2, 0.25) is 0 Å². The highest BCUT2D eigenvalue weighted by Gasteiger charge is 2.38. The molecule has 0 radical (unpaired) electrons. The zero-order valence-electron chi connectivity index (χ0n) is 11.9. The summed E-state index contributed by atoms with van der Waals surface area (Å²) in [5, 5.41) is 10.4. The van der Waals surface area contributed by atoms with Crippen LogP contribution in [0, 0.1) is 0 Å². The highest BCUT2D eigenvalue weighted by atomic mass is 32.2. The Kier molecular flexibility index (Phi) is 4.85. The van der Waals surface area contributed by atoms with Crippen molar-refractivity contribution >= 4 is 21.5 Å².